The molecular weight excluding hydrogens is 370 g/mol. The maximum absolute atomic E-state index is 12.6. The number of amides is 1. The molecule has 0 heterocycles. The Labute approximate surface area is 186 Å². The molecule has 0 saturated heterocycles. The minimum atomic E-state index is -0.00813. The van der Waals surface area contributed by atoms with E-state index in [9.17, 15) is 4.79 Å². The highest BCUT2D eigenvalue weighted by atomic mass is 16.2. The lowest BCUT2D eigenvalue weighted by molar-refractivity contribution is 0.0784. The van der Waals surface area contributed by atoms with Crippen molar-refractivity contribution in [1.29, 1.82) is 0 Å². The van der Waals surface area contributed by atoms with E-state index in [4.69, 9.17) is 0 Å². The summed E-state index contributed by atoms with van der Waals surface area (Å²) in [5, 5.41) is 2.09. The third kappa shape index (κ3) is 12.2. The lowest BCUT2D eigenvalue weighted by atomic mass is 10.0. The number of nitrogens with zero attached hydrogens (tertiary/aromatic N) is 2. The molecule has 0 aliphatic rings. The summed E-state index contributed by atoms with van der Waals surface area (Å²) < 4.78 is 0. The van der Waals surface area contributed by atoms with E-state index < -0.39 is 0 Å². The van der Waals surface area contributed by atoms with Crippen LogP contribution in [0.5, 0.6) is 0 Å². The summed E-state index contributed by atoms with van der Waals surface area (Å²) >= 11 is 0. The second kappa shape index (κ2) is 16.2. The molecular formula is C26H47N3O. The van der Waals surface area contributed by atoms with Crippen LogP contribution in [0.4, 0.5) is 5.69 Å². The van der Waals surface area contributed by atoms with E-state index in [0.717, 1.165) is 43.1 Å². The van der Waals surface area contributed by atoms with Crippen LogP contribution in [0.2, 0.25) is 0 Å². The van der Waals surface area contributed by atoms with E-state index in [1.54, 1.807) is 0 Å². The summed E-state index contributed by atoms with van der Waals surface area (Å²) in [6, 6.07) is 7.78. The Morgan fingerprint density at radius 1 is 0.833 bits per heavy atom. The molecule has 1 amide bonds. The Balaban J connectivity index is 2.17. The second-order valence-electron chi connectivity index (χ2n) is 9.23. The number of carbonyl (C=O) groups excluding carboxylic acids is 1. The molecule has 1 aromatic rings. The Morgan fingerprint density at radius 3 is 1.87 bits per heavy atom. The van der Waals surface area contributed by atoms with Crippen molar-refractivity contribution < 1.29 is 4.79 Å². The van der Waals surface area contributed by atoms with Gasteiger partial charge < -0.3 is 4.90 Å². The van der Waals surface area contributed by atoms with Crippen LogP contribution in [0.15, 0.2) is 24.3 Å². The van der Waals surface area contributed by atoms with Gasteiger partial charge in [0.15, 0.2) is 0 Å². The van der Waals surface area contributed by atoms with Crippen molar-refractivity contribution in [3.63, 3.8) is 0 Å². The highest BCUT2D eigenvalue weighted by Gasteiger charge is 2.11. The van der Waals surface area contributed by atoms with Crippen LogP contribution < -0.4 is 10.3 Å². The van der Waals surface area contributed by atoms with Crippen molar-refractivity contribution in [2.45, 2.75) is 91.4 Å². The van der Waals surface area contributed by atoms with Gasteiger partial charge in [-0.1, -0.05) is 78.6 Å². The predicted molar refractivity (Wildman–Crippen MR) is 131 cm³/mol. The van der Waals surface area contributed by atoms with Gasteiger partial charge in [-0.2, -0.15) is 0 Å². The van der Waals surface area contributed by atoms with E-state index in [1.807, 2.05) is 43.3 Å². The van der Waals surface area contributed by atoms with Gasteiger partial charge in [0, 0.05) is 38.4 Å². The van der Waals surface area contributed by atoms with Crippen LogP contribution in [0.25, 0.3) is 0 Å². The minimum absolute atomic E-state index is 0.00813. The number of benzene rings is 1. The Kier molecular flexibility index (Phi) is 14.3. The van der Waals surface area contributed by atoms with Gasteiger partial charge >= 0.3 is 0 Å². The van der Waals surface area contributed by atoms with Crippen LogP contribution in [0.3, 0.4) is 0 Å². The Morgan fingerprint density at radius 2 is 1.37 bits per heavy atom. The summed E-state index contributed by atoms with van der Waals surface area (Å²) in [7, 11) is 4.01. The van der Waals surface area contributed by atoms with Crippen molar-refractivity contribution in [2.75, 3.05) is 32.1 Å². The number of unbranched alkanes of at least 4 members (excludes halogenated alkanes) is 8. The fraction of sp³-hybridized carbons (Fsp3) is 0.731. The van der Waals surface area contributed by atoms with Gasteiger partial charge in [0.2, 0.25) is 0 Å². The van der Waals surface area contributed by atoms with E-state index in [1.165, 1.54) is 57.8 Å². The van der Waals surface area contributed by atoms with Crippen LogP contribution in [0.1, 0.15) is 102 Å². The number of hydrogen-bond acceptors (Lipinski definition) is 3. The number of rotatable bonds is 17. The highest BCUT2D eigenvalue weighted by molar-refractivity contribution is 5.94. The number of anilines is 1. The van der Waals surface area contributed by atoms with E-state index in [2.05, 4.69) is 31.2 Å². The van der Waals surface area contributed by atoms with Gasteiger partial charge in [-0.25, -0.2) is 5.01 Å². The van der Waals surface area contributed by atoms with Crippen molar-refractivity contribution in [3.05, 3.63) is 29.8 Å². The predicted octanol–water partition coefficient (Wildman–Crippen LogP) is 6.67. The summed E-state index contributed by atoms with van der Waals surface area (Å²) in [6.45, 7) is 8.62. The van der Waals surface area contributed by atoms with E-state index in [-0.39, 0.29) is 5.91 Å². The van der Waals surface area contributed by atoms with Crippen LogP contribution in [-0.2, 0) is 0 Å². The molecule has 4 heteroatoms. The first-order chi connectivity index (χ1) is 14.4. The fourth-order valence-electron chi connectivity index (χ4n) is 3.71. The molecule has 0 aromatic heterocycles. The van der Waals surface area contributed by atoms with Gasteiger partial charge in [0.25, 0.3) is 5.91 Å². The van der Waals surface area contributed by atoms with Gasteiger partial charge in [-0.3, -0.25) is 10.2 Å². The minimum Gasteiger partial charge on any atom is -0.378 e. The standard InChI is InChI=1S/C26H47N3O/c1-6-21-29(27-26(30)24-17-19-25(20-18-24)28(4)5)22-15-13-11-9-7-8-10-12-14-16-23(2)3/h17-20,23H,6-16,21-22H2,1-5H3,(H,27,30). The highest BCUT2D eigenvalue weighted by Crippen LogP contribution is 2.14. The monoisotopic (exact) mass is 417 g/mol. The molecule has 0 spiro atoms. The second-order valence-corrected chi connectivity index (χ2v) is 9.23. The van der Waals surface area contributed by atoms with Gasteiger partial charge in [-0.15, -0.1) is 0 Å². The number of carbonyl (C=O) groups is 1. The van der Waals surface area contributed by atoms with Crippen LogP contribution in [-0.4, -0.2) is 38.1 Å². The van der Waals surface area contributed by atoms with Crippen LogP contribution in [0, 0.1) is 5.92 Å². The molecule has 0 fully saturated rings. The zero-order valence-corrected chi connectivity index (χ0v) is 20.4. The fourth-order valence-corrected chi connectivity index (χ4v) is 3.71. The average molecular weight is 418 g/mol. The molecule has 0 unspecified atom stereocenters. The first-order valence-corrected chi connectivity index (χ1v) is 12.3. The van der Waals surface area contributed by atoms with Crippen molar-refractivity contribution >= 4 is 11.6 Å². The molecule has 0 aliphatic heterocycles. The third-order valence-corrected chi connectivity index (χ3v) is 5.61. The van der Waals surface area contributed by atoms with Crippen molar-refractivity contribution in [1.82, 2.24) is 10.4 Å². The van der Waals surface area contributed by atoms with Crippen molar-refractivity contribution in [2.24, 2.45) is 5.92 Å². The molecule has 0 bridgehead atoms. The SMILES string of the molecule is CCCN(CCCCCCCCCCCC(C)C)NC(=O)c1ccc(N(C)C)cc1. The maximum atomic E-state index is 12.6. The summed E-state index contributed by atoms with van der Waals surface area (Å²) in [5.74, 6) is 0.844. The number of hydrogen-bond donors (Lipinski definition) is 1. The molecule has 0 saturated carbocycles. The summed E-state index contributed by atoms with van der Waals surface area (Å²) in [5.41, 5.74) is 4.92. The smallest absolute Gasteiger partial charge is 0.265 e. The average Bonchev–Trinajstić information content (AvgIpc) is 2.71. The Hall–Kier alpha value is -1.55. The molecule has 172 valence electrons. The number of hydrazine groups is 1. The maximum Gasteiger partial charge on any atom is 0.265 e. The zero-order chi connectivity index (χ0) is 22.2. The van der Waals surface area contributed by atoms with Gasteiger partial charge in [-0.05, 0) is 43.0 Å². The lowest BCUT2D eigenvalue weighted by Crippen LogP contribution is -2.43. The van der Waals surface area contributed by atoms with Gasteiger partial charge in [0.05, 0.1) is 0 Å². The summed E-state index contributed by atoms with van der Waals surface area (Å²) in [4.78, 5) is 14.6. The first kappa shape index (κ1) is 26.5. The Bertz CT molecular complexity index is 554. The van der Waals surface area contributed by atoms with Gasteiger partial charge in [0.1, 0.15) is 0 Å². The van der Waals surface area contributed by atoms with Crippen LogP contribution >= 0.6 is 0 Å². The first-order valence-electron chi connectivity index (χ1n) is 12.3. The largest absolute Gasteiger partial charge is 0.378 e. The van der Waals surface area contributed by atoms with E-state index >= 15 is 0 Å². The van der Waals surface area contributed by atoms with Crippen molar-refractivity contribution in [3.8, 4) is 0 Å². The normalized spacial score (nSPS) is 11.3. The van der Waals surface area contributed by atoms with E-state index in [0.29, 0.717) is 0 Å². The number of nitrogens with one attached hydrogen (secondary N) is 1. The molecule has 0 aliphatic carbocycles. The lowest BCUT2D eigenvalue weighted by Gasteiger charge is -2.23. The summed E-state index contributed by atoms with van der Waals surface area (Å²) in [6.07, 6.45) is 14.5. The molecule has 30 heavy (non-hydrogen) atoms. The zero-order valence-electron chi connectivity index (χ0n) is 20.4. The quantitative estimate of drug-likeness (QED) is 0.227. The molecule has 0 radical (unpaired) electrons. The molecule has 4 nitrogen and oxygen atoms in total. The molecule has 0 atom stereocenters. The topological polar surface area (TPSA) is 35.6 Å². The molecule has 1 rings (SSSR count). The molecule has 1 N–H and O–H groups in total. The third-order valence-electron chi connectivity index (χ3n) is 5.61. The molecule has 1 aromatic carbocycles.